The van der Waals surface area contributed by atoms with Crippen LogP contribution in [0.1, 0.15) is 24.2 Å². The molecule has 19 heavy (non-hydrogen) atoms. The van der Waals surface area contributed by atoms with Crippen molar-refractivity contribution >= 4 is 66.8 Å². The molecule has 0 bridgehead atoms. The summed E-state index contributed by atoms with van der Waals surface area (Å²) in [4.78, 5) is 24.0. The van der Waals surface area contributed by atoms with Gasteiger partial charge in [0.2, 0.25) is 0 Å². The Labute approximate surface area is 138 Å². The van der Waals surface area contributed by atoms with Gasteiger partial charge in [0.15, 0.2) is 5.78 Å². The number of Topliss-reactive ketones (excluding diaryl/α,β-unsaturated/α-hetero) is 1. The van der Waals surface area contributed by atoms with Crippen LogP contribution in [0.2, 0.25) is 10.0 Å². The molecule has 104 valence electrons. The molecule has 0 atom stereocenters. The van der Waals surface area contributed by atoms with Crippen molar-refractivity contribution in [1.29, 1.82) is 0 Å². The van der Waals surface area contributed by atoms with Crippen molar-refractivity contribution < 1.29 is 9.59 Å². The van der Waals surface area contributed by atoms with Crippen LogP contribution in [0.25, 0.3) is 0 Å². The third kappa shape index (κ3) is 4.45. The number of halogens is 4. The summed E-state index contributed by atoms with van der Waals surface area (Å²) in [5.41, 5.74) is -0.670. The van der Waals surface area contributed by atoms with Gasteiger partial charge in [0, 0.05) is 5.56 Å². The number of benzene rings is 1. The average Bonchev–Trinajstić information content (AvgIpc) is 2.30. The van der Waals surface area contributed by atoms with Crippen LogP contribution in [0.15, 0.2) is 18.2 Å². The normalized spacial score (nSPS) is 11.5. The average molecular weight is 432 g/mol. The van der Waals surface area contributed by atoms with Gasteiger partial charge in [-0.3, -0.25) is 9.59 Å². The van der Waals surface area contributed by atoms with Crippen LogP contribution in [0, 0.1) is 0 Å². The minimum absolute atomic E-state index is 0.194. The molecule has 3 nitrogen and oxygen atoms in total. The van der Waals surface area contributed by atoms with Gasteiger partial charge >= 0.3 is 0 Å². The minimum atomic E-state index is -1.01. The fraction of sp³-hybridized carbons (Fsp3) is 0.333. The first-order valence-electron chi connectivity index (χ1n) is 5.25. The number of nitrogens with one attached hydrogen (secondary N) is 1. The minimum Gasteiger partial charge on any atom is -0.340 e. The zero-order valence-electron chi connectivity index (χ0n) is 10.1. The third-order valence-electron chi connectivity index (χ3n) is 2.42. The highest BCUT2D eigenvalue weighted by molar-refractivity contribution is 9.25. The summed E-state index contributed by atoms with van der Waals surface area (Å²) in [5, 5.41) is 3.31. The number of rotatable bonds is 4. The van der Waals surface area contributed by atoms with Crippen molar-refractivity contribution in [3.05, 3.63) is 33.8 Å². The smallest absolute Gasteiger partial charge is 0.252 e. The van der Waals surface area contributed by atoms with Crippen LogP contribution < -0.4 is 5.32 Å². The molecule has 1 amide bonds. The molecule has 0 fully saturated rings. The van der Waals surface area contributed by atoms with E-state index in [0.29, 0.717) is 10.6 Å². The summed E-state index contributed by atoms with van der Waals surface area (Å²) in [6, 6.07) is 4.54. The topological polar surface area (TPSA) is 46.2 Å². The number of alkyl halides is 2. The maximum absolute atomic E-state index is 12.1. The lowest BCUT2D eigenvalue weighted by molar-refractivity contribution is -0.121. The SMILES string of the molecule is CC(C)(NC(=O)c1ccc(Cl)c(Cl)c1)C(=O)C(Br)Br. The summed E-state index contributed by atoms with van der Waals surface area (Å²) in [6.45, 7) is 3.25. The van der Waals surface area contributed by atoms with E-state index in [9.17, 15) is 9.59 Å². The van der Waals surface area contributed by atoms with Crippen molar-refractivity contribution in [3.8, 4) is 0 Å². The molecule has 0 saturated heterocycles. The van der Waals surface area contributed by atoms with Gasteiger partial charge in [0.05, 0.1) is 15.6 Å². The van der Waals surface area contributed by atoms with Crippen LogP contribution >= 0.6 is 55.1 Å². The van der Waals surface area contributed by atoms with E-state index < -0.39 is 15.2 Å². The van der Waals surface area contributed by atoms with Gasteiger partial charge in [-0.25, -0.2) is 0 Å². The van der Waals surface area contributed by atoms with Gasteiger partial charge < -0.3 is 5.32 Å². The lowest BCUT2D eigenvalue weighted by atomic mass is 10.00. The first kappa shape index (κ1) is 17.0. The molecule has 0 unspecified atom stereocenters. The number of ketones is 1. The van der Waals surface area contributed by atoms with Crippen molar-refractivity contribution in [2.75, 3.05) is 0 Å². The fourth-order valence-corrected chi connectivity index (χ4v) is 2.77. The van der Waals surface area contributed by atoms with Crippen molar-refractivity contribution in [2.24, 2.45) is 0 Å². The van der Waals surface area contributed by atoms with Crippen LogP contribution in [0.5, 0.6) is 0 Å². The summed E-state index contributed by atoms with van der Waals surface area (Å²) in [5.74, 6) is -0.585. The molecule has 0 radical (unpaired) electrons. The molecule has 7 heteroatoms. The van der Waals surface area contributed by atoms with Crippen molar-refractivity contribution in [1.82, 2.24) is 5.32 Å². The molecule has 0 aromatic heterocycles. The molecule has 1 aromatic rings. The Hall–Kier alpha value is -0.100. The number of carbonyl (C=O) groups excluding carboxylic acids is 2. The van der Waals surface area contributed by atoms with E-state index in [1.807, 2.05) is 0 Å². The third-order valence-corrected chi connectivity index (χ3v) is 3.99. The van der Waals surface area contributed by atoms with Gasteiger partial charge in [-0.1, -0.05) is 55.1 Å². The van der Waals surface area contributed by atoms with Crippen LogP contribution in [0.3, 0.4) is 0 Å². The first-order valence-corrected chi connectivity index (χ1v) is 7.84. The highest BCUT2D eigenvalue weighted by atomic mass is 79.9. The zero-order valence-corrected chi connectivity index (χ0v) is 14.8. The maximum atomic E-state index is 12.1. The van der Waals surface area contributed by atoms with Crippen molar-refractivity contribution in [2.45, 2.75) is 23.1 Å². The van der Waals surface area contributed by atoms with Crippen molar-refractivity contribution in [3.63, 3.8) is 0 Å². The Bertz CT molecular complexity index is 518. The predicted octanol–water partition coefficient (Wildman–Crippen LogP) is 4.19. The molecule has 1 N–H and O–H groups in total. The standard InChI is InChI=1S/C12H11Br2Cl2NO2/c1-12(2,9(18)10(13)14)17-11(19)6-3-4-7(15)8(16)5-6/h3-5,10H,1-2H3,(H,17,19). The quantitative estimate of drug-likeness (QED) is 0.727. The molecule has 0 aliphatic heterocycles. The monoisotopic (exact) mass is 429 g/mol. The van der Waals surface area contributed by atoms with Crippen LogP contribution in [0.4, 0.5) is 0 Å². The zero-order chi connectivity index (χ0) is 14.8. The van der Waals surface area contributed by atoms with Crippen LogP contribution in [-0.2, 0) is 4.79 Å². The largest absolute Gasteiger partial charge is 0.340 e. The summed E-state index contributed by atoms with van der Waals surface area (Å²) < 4.78 is -0.524. The lowest BCUT2D eigenvalue weighted by Gasteiger charge is -2.25. The lowest BCUT2D eigenvalue weighted by Crippen LogP contribution is -2.51. The Morgan fingerprint density at radius 2 is 1.79 bits per heavy atom. The maximum Gasteiger partial charge on any atom is 0.252 e. The molecule has 0 aliphatic carbocycles. The highest BCUT2D eigenvalue weighted by Gasteiger charge is 2.33. The van der Waals surface area contributed by atoms with Gasteiger partial charge in [-0.2, -0.15) is 0 Å². The molecular weight excluding hydrogens is 421 g/mol. The van der Waals surface area contributed by atoms with Gasteiger partial charge in [0.25, 0.3) is 5.91 Å². The predicted molar refractivity (Wildman–Crippen MR) is 84.7 cm³/mol. The summed E-state index contributed by atoms with van der Waals surface area (Å²) in [6.07, 6.45) is 0. The Morgan fingerprint density at radius 1 is 1.21 bits per heavy atom. The molecule has 0 aliphatic rings. The molecule has 1 aromatic carbocycles. The van der Waals surface area contributed by atoms with Crippen LogP contribution in [-0.4, -0.2) is 21.0 Å². The van der Waals surface area contributed by atoms with E-state index in [-0.39, 0.29) is 10.8 Å². The van der Waals surface area contributed by atoms with E-state index in [0.717, 1.165) is 0 Å². The molecule has 0 heterocycles. The molecule has 1 rings (SSSR count). The number of hydrogen-bond donors (Lipinski definition) is 1. The van der Waals surface area contributed by atoms with E-state index >= 15 is 0 Å². The Kier molecular flexibility index (Phi) is 5.86. The number of hydrogen-bond acceptors (Lipinski definition) is 2. The number of carbonyl (C=O) groups is 2. The summed E-state index contributed by atoms with van der Waals surface area (Å²) in [7, 11) is 0. The Balaban J connectivity index is 2.90. The van der Waals surface area contributed by atoms with E-state index in [2.05, 4.69) is 37.2 Å². The van der Waals surface area contributed by atoms with Gasteiger partial charge in [-0.15, -0.1) is 0 Å². The summed E-state index contributed by atoms with van der Waals surface area (Å²) >= 11 is 17.9. The second-order valence-electron chi connectivity index (χ2n) is 4.37. The Morgan fingerprint density at radius 3 is 2.26 bits per heavy atom. The second-order valence-corrected chi connectivity index (χ2v) is 8.25. The van der Waals surface area contributed by atoms with E-state index in [4.69, 9.17) is 23.2 Å². The van der Waals surface area contributed by atoms with Gasteiger partial charge in [0.1, 0.15) is 3.74 Å². The molecular formula is C12H11Br2Cl2NO2. The van der Waals surface area contributed by atoms with Gasteiger partial charge in [-0.05, 0) is 32.0 Å². The molecule has 0 spiro atoms. The first-order chi connectivity index (χ1) is 8.65. The fourth-order valence-electron chi connectivity index (χ4n) is 1.33. The second kappa shape index (κ2) is 6.57. The highest BCUT2D eigenvalue weighted by Crippen LogP contribution is 2.23. The van der Waals surface area contributed by atoms with E-state index in [1.165, 1.54) is 12.1 Å². The van der Waals surface area contributed by atoms with E-state index in [1.54, 1.807) is 19.9 Å². The number of amides is 1. The molecule has 0 saturated carbocycles.